The predicted molar refractivity (Wildman–Crippen MR) is 88.9 cm³/mol. The third kappa shape index (κ3) is 2.64. The van der Waals surface area contributed by atoms with Gasteiger partial charge in [-0.3, -0.25) is 0 Å². The van der Waals surface area contributed by atoms with Crippen LogP contribution < -0.4 is 11.5 Å². The number of nitrogens with two attached hydrogens (primary N) is 2. The van der Waals surface area contributed by atoms with Crippen LogP contribution in [0.5, 0.6) is 0 Å². The van der Waals surface area contributed by atoms with Gasteiger partial charge in [-0.2, -0.15) is 0 Å². The van der Waals surface area contributed by atoms with E-state index in [1.807, 2.05) is 18.2 Å². The SMILES string of the molecule is CC(C)c1c(N)ccc(-c2ccc(N)cc2)c1C(C)C. The summed E-state index contributed by atoms with van der Waals surface area (Å²) in [7, 11) is 0. The molecular formula is C18H24N2. The number of hydrogen-bond donors (Lipinski definition) is 2. The standard InChI is InChI=1S/C18H24N2/c1-11(2)17-15(13-5-7-14(19)8-6-13)9-10-16(20)18(17)12(3)4/h5-12H,19-20H2,1-4H3. The van der Waals surface area contributed by atoms with Crippen molar-refractivity contribution in [1.29, 1.82) is 0 Å². The third-order valence-electron chi connectivity index (χ3n) is 3.70. The summed E-state index contributed by atoms with van der Waals surface area (Å²) in [6.45, 7) is 8.84. The van der Waals surface area contributed by atoms with Crippen molar-refractivity contribution in [2.24, 2.45) is 0 Å². The Morgan fingerprint density at radius 1 is 0.700 bits per heavy atom. The lowest BCUT2D eigenvalue weighted by Crippen LogP contribution is -2.06. The summed E-state index contributed by atoms with van der Waals surface area (Å²) in [6.07, 6.45) is 0. The van der Waals surface area contributed by atoms with E-state index in [9.17, 15) is 0 Å². The van der Waals surface area contributed by atoms with E-state index in [4.69, 9.17) is 11.5 Å². The van der Waals surface area contributed by atoms with Crippen molar-refractivity contribution < 1.29 is 0 Å². The van der Waals surface area contributed by atoms with Crippen LogP contribution in [0.25, 0.3) is 11.1 Å². The average molecular weight is 268 g/mol. The molecule has 0 unspecified atom stereocenters. The summed E-state index contributed by atoms with van der Waals surface area (Å²) in [5.74, 6) is 0.851. The number of benzene rings is 2. The summed E-state index contributed by atoms with van der Waals surface area (Å²) >= 11 is 0. The number of hydrogen-bond acceptors (Lipinski definition) is 2. The second-order valence-electron chi connectivity index (χ2n) is 5.96. The van der Waals surface area contributed by atoms with Crippen molar-refractivity contribution in [2.45, 2.75) is 39.5 Å². The number of nitrogen functional groups attached to an aromatic ring is 2. The molecule has 0 atom stereocenters. The van der Waals surface area contributed by atoms with E-state index in [1.54, 1.807) is 0 Å². The molecule has 0 aromatic heterocycles. The van der Waals surface area contributed by atoms with Crippen LogP contribution in [-0.4, -0.2) is 0 Å². The summed E-state index contributed by atoms with van der Waals surface area (Å²) in [5, 5.41) is 0. The van der Waals surface area contributed by atoms with E-state index in [2.05, 4.69) is 45.9 Å². The van der Waals surface area contributed by atoms with Crippen LogP contribution >= 0.6 is 0 Å². The molecule has 106 valence electrons. The van der Waals surface area contributed by atoms with Gasteiger partial charge in [0.05, 0.1) is 0 Å². The summed E-state index contributed by atoms with van der Waals surface area (Å²) < 4.78 is 0. The fourth-order valence-corrected chi connectivity index (χ4v) is 2.83. The van der Waals surface area contributed by atoms with Gasteiger partial charge in [-0.05, 0) is 52.3 Å². The number of anilines is 2. The lowest BCUT2D eigenvalue weighted by atomic mass is 9.83. The van der Waals surface area contributed by atoms with E-state index >= 15 is 0 Å². The molecule has 2 nitrogen and oxygen atoms in total. The van der Waals surface area contributed by atoms with Crippen LogP contribution in [0.3, 0.4) is 0 Å². The van der Waals surface area contributed by atoms with E-state index in [1.165, 1.54) is 22.3 Å². The second kappa shape index (κ2) is 5.58. The monoisotopic (exact) mass is 268 g/mol. The maximum atomic E-state index is 6.21. The Morgan fingerprint density at radius 3 is 1.75 bits per heavy atom. The summed E-state index contributed by atoms with van der Waals surface area (Å²) in [4.78, 5) is 0. The van der Waals surface area contributed by atoms with Gasteiger partial charge in [-0.25, -0.2) is 0 Å². The molecule has 0 fully saturated rings. The first-order valence-corrected chi connectivity index (χ1v) is 7.20. The van der Waals surface area contributed by atoms with Crippen molar-refractivity contribution in [2.75, 3.05) is 11.5 Å². The highest BCUT2D eigenvalue weighted by molar-refractivity contribution is 5.74. The fourth-order valence-electron chi connectivity index (χ4n) is 2.83. The van der Waals surface area contributed by atoms with Crippen LogP contribution in [0.4, 0.5) is 11.4 Å². The topological polar surface area (TPSA) is 52.0 Å². The Bertz CT molecular complexity index is 596. The van der Waals surface area contributed by atoms with Gasteiger partial charge in [0.2, 0.25) is 0 Å². The first-order chi connectivity index (χ1) is 9.41. The molecule has 2 aromatic rings. The molecule has 2 heteroatoms. The average Bonchev–Trinajstić information content (AvgIpc) is 2.39. The van der Waals surface area contributed by atoms with Gasteiger partial charge in [-0.1, -0.05) is 45.9 Å². The van der Waals surface area contributed by atoms with Crippen LogP contribution in [0, 0.1) is 0 Å². The third-order valence-corrected chi connectivity index (χ3v) is 3.70. The van der Waals surface area contributed by atoms with Crippen molar-refractivity contribution in [3.8, 4) is 11.1 Å². The largest absolute Gasteiger partial charge is 0.399 e. The molecule has 4 N–H and O–H groups in total. The Kier molecular flexibility index (Phi) is 4.03. The maximum Gasteiger partial charge on any atom is 0.0352 e. The van der Waals surface area contributed by atoms with Gasteiger partial charge in [0, 0.05) is 11.4 Å². The zero-order valence-corrected chi connectivity index (χ0v) is 12.8. The molecule has 0 amide bonds. The molecule has 2 rings (SSSR count). The van der Waals surface area contributed by atoms with Crippen LogP contribution in [0.1, 0.15) is 50.7 Å². The van der Waals surface area contributed by atoms with Crippen LogP contribution in [-0.2, 0) is 0 Å². The zero-order chi connectivity index (χ0) is 14.9. The van der Waals surface area contributed by atoms with Gasteiger partial charge in [0.25, 0.3) is 0 Å². The molecule has 2 aromatic carbocycles. The molecule has 0 spiro atoms. The highest BCUT2D eigenvalue weighted by atomic mass is 14.6. The zero-order valence-electron chi connectivity index (χ0n) is 12.8. The summed E-state index contributed by atoms with van der Waals surface area (Å²) in [6, 6.07) is 12.2. The molecule has 0 saturated carbocycles. The second-order valence-corrected chi connectivity index (χ2v) is 5.96. The quantitative estimate of drug-likeness (QED) is 0.788. The van der Waals surface area contributed by atoms with E-state index in [0.717, 1.165) is 11.4 Å². The van der Waals surface area contributed by atoms with Crippen LogP contribution in [0.2, 0.25) is 0 Å². The van der Waals surface area contributed by atoms with Crippen molar-refractivity contribution in [1.82, 2.24) is 0 Å². The minimum Gasteiger partial charge on any atom is -0.399 e. The van der Waals surface area contributed by atoms with Crippen molar-refractivity contribution in [3.05, 3.63) is 47.5 Å². The summed E-state index contributed by atoms with van der Waals surface area (Å²) in [5.41, 5.74) is 18.8. The maximum absolute atomic E-state index is 6.21. The molecule has 0 aliphatic rings. The Hall–Kier alpha value is -1.96. The minimum atomic E-state index is 0.418. The Labute approximate surface area is 121 Å². The molecule has 0 aliphatic heterocycles. The van der Waals surface area contributed by atoms with Gasteiger partial charge < -0.3 is 11.5 Å². The first-order valence-electron chi connectivity index (χ1n) is 7.20. The molecule has 20 heavy (non-hydrogen) atoms. The molecule has 0 saturated heterocycles. The molecule has 0 aliphatic carbocycles. The molecular weight excluding hydrogens is 244 g/mol. The van der Waals surface area contributed by atoms with Crippen LogP contribution in [0.15, 0.2) is 36.4 Å². The van der Waals surface area contributed by atoms with Gasteiger partial charge in [-0.15, -0.1) is 0 Å². The van der Waals surface area contributed by atoms with Gasteiger partial charge in [0.1, 0.15) is 0 Å². The van der Waals surface area contributed by atoms with Crippen molar-refractivity contribution in [3.63, 3.8) is 0 Å². The van der Waals surface area contributed by atoms with Gasteiger partial charge in [0.15, 0.2) is 0 Å². The van der Waals surface area contributed by atoms with Crippen molar-refractivity contribution >= 4 is 11.4 Å². The predicted octanol–water partition coefficient (Wildman–Crippen LogP) is 4.76. The first kappa shape index (κ1) is 14.4. The normalized spacial score (nSPS) is 11.3. The molecule has 0 heterocycles. The van der Waals surface area contributed by atoms with Gasteiger partial charge >= 0.3 is 0 Å². The Balaban J connectivity index is 2.70. The Morgan fingerprint density at radius 2 is 1.25 bits per heavy atom. The highest BCUT2D eigenvalue weighted by Gasteiger charge is 2.18. The number of rotatable bonds is 3. The highest BCUT2D eigenvalue weighted by Crippen LogP contribution is 2.38. The molecule has 0 bridgehead atoms. The van der Waals surface area contributed by atoms with E-state index in [-0.39, 0.29) is 0 Å². The smallest absolute Gasteiger partial charge is 0.0352 e. The lowest BCUT2D eigenvalue weighted by Gasteiger charge is -2.22. The fraction of sp³-hybridized carbons (Fsp3) is 0.333. The lowest BCUT2D eigenvalue weighted by molar-refractivity contribution is 0.795. The van der Waals surface area contributed by atoms with E-state index < -0.39 is 0 Å². The minimum absolute atomic E-state index is 0.418. The molecule has 0 radical (unpaired) electrons. The van der Waals surface area contributed by atoms with E-state index in [0.29, 0.717) is 11.8 Å².